The summed E-state index contributed by atoms with van der Waals surface area (Å²) in [6.45, 7) is 8.78. The van der Waals surface area contributed by atoms with E-state index in [1.54, 1.807) is 0 Å². The zero-order valence-electron chi connectivity index (χ0n) is 12.3. The summed E-state index contributed by atoms with van der Waals surface area (Å²) in [6.07, 6.45) is 3.62. The number of benzene rings is 2. The highest BCUT2D eigenvalue weighted by molar-refractivity contribution is 5.87. The van der Waals surface area contributed by atoms with Gasteiger partial charge in [-0.05, 0) is 65.3 Å². The van der Waals surface area contributed by atoms with E-state index in [0.717, 1.165) is 19.5 Å². The van der Waals surface area contributed by atoms with E-state index in [-0.39, 0.29) is 0 Å². The molecule has 0 spiro atoms. The maximum atomic E-state index is 4.35. The Labute approximate surface area is 121 Å². The van der Waals surface area contributed by atoms with Crippen molar-refractivity contribution < 1.29 is 0 Å². The van der Waals surface area contributed by atoms with Crippen LogP contribution >= 0.6 is 0 Å². The van der Waals surface area contributed by atoms with Gasteiger partial charge in [-0.25, -0.2) is 0 Å². The summed E-state index contributed by atoms with van der Waals surface area (Å²) in [5.74, 6) is 0.594. The van der Waals surface area contributed by atoms with Crippen LogP contribution in [-0.4, -0.2) is 13.1 Å². The van der Waals surface area contributed by atoms with Crippen LogP contribution < -0.4 is 5.32 Å². The number of nitrogens with one attached hydrogen (secondary N) is 1. The molecule has 0 amide bonds. The fourth-order valence-electron chi connectivity index (χ4n) is 3.10. The van der Waals surface area contributed by atoms with Crippen molar-refractivity contribution in [1.82, 2.24) is 5.32 Å². The Bertz CT molecular complexity index is 621. The molecule has 1 unspecified atom stereocenters. The minimum absolute atomic E-state index is 0.594. The largest absolute Gasteiger partial charge is 0.316 e. The Hall–Kier alpha value is -1.60. The van der Waals surface area contributed by atoms with E-state index >= 15 is 0 Å². The van der Waals surface area contributed by atoms with Gasteiger partial charge < -0.3 is 5.32 Å². The van der Waals surface area contributed by atoms with Crippen LogP contribution in [-0.2, 0) is 6.42 Å². The molecule has 1 saturated heterocycles. The van der Waals surface area contributed by atoms with Crippen molar-refractivity contribution in [3.05, 3.63) is 54.1 Å². The molecular weight excluding hydrogens is 242 g/mol. The Kier molecular flexibility index (Phi) is 3.88. The highest BCUT2D eigenvalue weighted by Gasteiger charge is 2.17. The minimum Gasteiger partial charge on any atom is -0.316 e. The molecule has 1 N–H and O–H groups in total. The third kappa shape index (κ3) is 2.64. The standard InChI is InChI=1S/C19H23N/c1-3-15-6-7-18-12-16(8-9-17(18)11-15)14(2)19-5-4-10-20-13-19/h6-9,11-12,19-20H,2-5,10,13H2,1H3. The Morgan fingerprint density at radius 1 is 1.20 bits per heavy atom. The summed E-state index contributed by atoms with van der Waals surface area (Å²) in [5, 5.41) is 6.14. The van der Waals surface area contributed by atoms with E-state index in [0.29, 0.717) is 5.92 Å². The minimum atomic E-state index is 0.594. The lowest BCUT2D eigenvalue weighted by Crippen LogP contribution is -2.30. The monoisotopic (exact) mass is 265 g/mol. The Morgan fingerprint density at radius 2 is 2.00 bits per heavy atom. The second-order valence-electron chi connectivity index (χ2n) is 5.82. The zero-order chi connectivity index (χ0) is 13.9. The van der Waals surface area contributed by atoms with E-state index in [1.807, 2.05) is 0 Å². The van der Waals surface area contributed by atoms with Gasteiger partial charge in [0, 0.05) is 6.54 Å². The third-order valence-electron chi connectivity index (χ3n) is 4.47. The van der Waals surface area contributed by atoms with Crippen molar-refractivity contribution in [3.8, 4) is 0 Å². The zero-order valence-corrected chi connectivity index (χ0v) is 12.3. The molecule has 104 valence electrons. The average molecular weight is 265 g/mol. The molecule has 0 saturated carbocycles. The Balaban J connectivity index is 1.90. The first-order valence-electron chi connectivity index (χ1n) is 7.70. The van der Waals surface area contributed by atoms with Crippen LogP contribution in [0.25, 0.3) is 16.3 Å². The summed E-state index contributed by atoms with van der Waals surface area (Å²) in [4.78, 5) is 0. The quantitative estimate of drug-likeness (QED) is 0.866. The first-order valence-corrected chi connectivity index (χ1v) is 7.70. The molecule has 2 aromatic carbocycles. The molecule has 1 fully saturated rings. The molecule has 0 radical (unpaired) electrons. The number of piperidine rings is 1. The predicted molar refractivity (Wildman–Crippen MR) is 88.0 cm³/mol. The number of hydrogen-bond donors (Lipinski definition) is 1. The normalized spacial score (nSPS) is 19.1. The van der Waals surface area contributed by atoms with Crippen LogP contribution in [0.2, 0.25) is 0 Å². The third-order valence-corrected chi connectivity index (χ3v) is 4.47. The van der Waals surface area contributed by atoms with Gasteiger partial charge in [0.1, 0.15) is 0 Å². The first-order chi connectivity index (χ1) is 9.78. The molecule has 20 heavy (non-hydrogen) atoms. The van der Waals surface area contributed by atoms with Crippen LogP contribution in [0.5, 0.6) is 0 Å². The van der Waals surface area contributed by atoms with Gasteiger partial charge in [-0.15, -0.1) is 0 Å². The van der Waals surface area contributed by atoms with Gasteiger partial charge in [0.05, 0.1) is 0 Å². The smallest absolute Gasteiger partial charge is 0.00201 e. The molecule has 1 nitrogen and oxygen atoms in total. The summed E-state index contributed by atoms with van der Waals surface area (Å²) >= 11 is 0. The number of fused-ring (bicyclic) bond motifs is 1. The van der Waals surface area contributed by atoms with Gasteiger partial charge in [-0.3, -0.25) is 0 Å². The van der Waals surface area contributed by atoms with E-state index in [9.17, 15) is 0 Å². The van der Waals surface area contributed by atoms with Crippen LogP contribution in [0.4, 0.5) is 0 Å². The summed E-state index contributed by atoms with van der Waals surface area (Å²) in [6, 6.07) is 13.5. The fourth-order valence-corrected chi connectivity index (χ4v) is 3.10. The predicted octanol–water partition coefficient (Wildman–Crippen LogP) is 4.42. The molecule has 3 rings (SSSR count). The molecule has 0 bridgehead atoms. The molecule has 1 heteroatoms. The SMILES string of the molecule is C=C(c1ccc2cc(CC)ccc2c1)C1CCCNC1. The lowest BCUT2D eigenvalue weighted by Gasteiger charge is -2.25. The van der Waals surface area contributed by atoms with Crippen molar-refractivity contribution in [2.45, 2.75) is 26.2 Å². The fraction of sp³-hybridized carbons (Fsp3) is 0.368. The van der Waals surface area contributed by atoms with Gasteiger partial charge in [0.15, 0.2) is 0 Å². The van der Waals surface area contributed by atoms with Crippen molar-refractivity contribution >= 4 is 16.3 Å². The van der Waals surface area contributed by atoms with Crippen molar-refractivity contribution in [2.75, 3.05) is 13.1 Å². The molecule has 1 aliphatic heterocycles. The maximum Gasteiger partial charge on any atom is 0.00201 e. The van der Waals surface area contributed by atoms with Gasteiger partial charge in [-0.1, -0.05) is 43.8 Å². The van der Waals surface area contributed by atoms with Crippen LogP contribution in [0.15, 0.2) is 43.0 Å². The molecule has 0 aromatic heterocycles. The van der Waals surface area contributed by atoms with Gasteiger partial charge in [0.2, 0.25) is 0 Å². The second kappa shape index (κ2) is 5.80. The van der Waals surface area contributed by atoms with Crippen molar-refractivity contribution in [3.63, 3.8) is 0 Å². The lowest BCUT2D eigenvalue weighted by molar-refractivity contribution is 0.448. The van der Waals surface area contributed by atoms with E-state index in [4.69, 9.17) is 0 Å². The van der Waals surface area contributed by atoms with E-state index < -0.39 is 0 Å². The summed E-state index contributed by atoms with van der Waals surface area (Å²) in [7, 11) is 0. The highest BCUT2D eigenvalue weighted by Crippen LogP contribution is 2.29. The van der Waals surface area contributed by atoms with Crippen molar-refractivity contribution in [1.29, 1.82) is 0 Å². The van der Waals surface area contributed by atoms with Crippen molar-refractivity contribution in [2.24, 2.45) is 5.92 Å². The molecule has 2 aromatic rings. The van der Waals surface area contributed by atoms with Gasteiger partial charge in [0.25, 0.3) is 0 Å². The number of hydrogen-bond acceptors (Lipinski definition) is 1. The summed E-state index contributed by atoms with van der Waals surface area (Å²) < 4.78 is 0. The van der Waals surface area contributed by atoms with Crippen LogP contribution in [0.3, 0.4) is 0 Å². The first kappa shape index (κ1) is 13.4. The summed E-state index contributed by atoms with van der Waals surface area (Å²) in [5.41, 5.74) is 4.00. The second-order valence-corrected chi connectivity index (χ2v) is 5.82. The molecule has 0 aliphatic carbocycles. The topological polar surface area (TPSA) is 12.0 Å². The lowest BCUT2D eigenvalue weighted by atomic mass is 9.87. The van der Waals surface area contributed by atoms with Crippen LogP contribution in [0, 0.1) is 5.92 Å². The van der Waals surface area contributed by atoms with E-state index in [2.05, 4.69) is 55.2 Å². The molecule has 1 heterocycles. The van der Waals surface area contributed by atoms with Gasteiger partial charge in [-0.2, -0.15) is 0 Å². The highest BCUT2D eigenvalue weighted by atomic mass is 14.9. The van der Waals surface area contributed by atoms with E-state index in [1.165, 1.54) is 40.3 Å². The molecule has 1 aliphatic rings. The van der Waals surface area contributed by atoms with Crippen LogP contribution in [0.1, 0.15) is 30.9 Å². The number of aryl methyl sites for hydroxylation is 1. The number of rotatable bonds is 3. The van der Waals surface area contributed by atoms with Gasteiger partial charge >= 0.3 is 0 Å². The molecular formula is C19H23N. The Morgan fingerprint density at radius 3 is 2.75 bits per heavy atom. The maximum absolute atomic E-state index is 4.35. The molecule has 1 atom stereocenters. The average Bonchev–Trinajstić information content (AvgIpc) is 2.54.